The number of aromatic nitrogens is 5. The summed E-state index contributed by atoms with van der Waals surface area (Å²) in [4.78, 5) is 38.5. The zero-order valence-electron chi connectivity index (χ0n) is 14.0. The average Bonchev–Trinajstić information content (AvgIpc) is 3.11. The first-order valence-corrected chi connectivity index (χ1v) is 8.04. The minimum Gasteiger partial charge on any atom is -0.370 e. The summed E-state index contributed by atoms with van der Waals surface area (Å²) in [6.45, 7) is 1.35. The van der Waals surface area contributed by atoms with Crippen molar-refractivity contribution >= 4 is 5.91 Å². The summed E-state index contributed by atoms with van der Waals surface area (Å²) in [5.74, 6) is -0.344. The normalized spacial score (nSPS) is 22.4. The summed E-state index contributed by atoms with van der Waals surface area (Å²) in [6, 6.07) is 1.08. The molecule has 1 amide bonds. The lowest BCUT2D eigenvalue weighted by Gasteiger charge is -2.41. The van der Waals surface area contributed by atoms with Gasteiger partial charge in [0.1, 0.15) is 5.69 Å². The number of likely N-dealkylation sites (tertiary alicyclic amines) is 1. The van der Waals surface area contributed by atoms with E-state index in [0.717, 1.165) is 10.3 Å². The lowest BCUT2D eigenvalue weighted by molar-refractivity contribution is -0.0606. The number of piperidine rings is 1. The molecule has 2 aromatic rings. The van der Waals surface area contributed by atoms with Crippen LogP contribution in [-0.4, -0.2) is 54.1 Å². The molecule has 2 aromatic heterocycles. The molecule has 0 aliphatic carbocycles. The van der Waals surface area contributed by atoms with Crippen LogP contribution in [0.25, 0.3) is 0 Å². The molecule has 132 valence electrons. The fourth-order valence-electron chi connectivity index (χ4n) is 3.46. The van der Waals surface area contributed by atoms with E-state index in [1.54, 1.807) is 15.8 Å². The van der Waals surface area contributed by atoms with E-state index in [0.29, 0.717) is 26.1 Å². The Kier molecular flexibility index (Phi) is 3.57. The maximum Gasteiger partial charge on any atom is 0.331 e. The quantitative estimate of drug-likeness (QED) is 0.633. The summed E-state index contributed by atoms with van der Waals surface area (Å²) in [5.41, 5.74) is -0.0650. The molecule has 0 bridgehead atoms. The molecule has 4 heterocycles. The predicted octanol–water partition coefficient (Wildman–Crippen LogP) is -1.34. The van der Waals surface area contributed by atoms with E-state index in [-0.39, 0.29) is 23.7 Å². The second-order valence-electron chi connectivity index (χ2n) is 6.39. The Hall–Kier alpha value is -2.75. The van der Waals surface area contributed by atoms with Crippen LogP contribution in [0.1, 0.15) is 28.6 Å². The van der Waals surface area contributed by atoms with Crippen molar-refractivity contribution in [1.29, 1.82) is 0 Å². The zero-order chi connectivity index (χ0) is 17.7. The van der Waals surface area contributed by atoms with Crippen LogP contribution in [0, 0.1) is 0 Å². The molecule has 10 nitrogen and oxygen atoms in total. The molecule has 0 aromatic carbocycles. The van der Waals surface area contributed by atoms with Gasteiger partial charge >= 0.3 is 5.69 Å². The first kappa shape index (κ1) is 15.8. The topological polar surface area (TPSA) is 104 Å². The summed E-state index contributed by atoms with van der Waals surface area (Å²) in [6.07, 6.45) is 2.29. The van der Waals surface area contributed by atoms with Crippen molar-refractivity contribution in [1.82, 2.24) is 29.0 Å². The number of carbonyl (C=O) groups is 1. The molecule has 2 aliphatic rings. The first-order valence-electron chi connectivity index (χ1n) is 8.04. The molecule has 10 heteroatoms. The summed E-state index contributed by atoms with van der Waals surface area (Å²) in [5, 5.41) is 8.02. The molecule has 0 saturated carbocycles. The molecular weight excluding hydrogens is 328 g/mol. The molecule has 1 saturated heterocycles. The number of rotatable bonds is 1. The highest BCUT2D eigenvalue weighted by atomic mass is 16.5. The fourth-order valence-corrected chi connectivity index (χ4v) is 3.46. The third-order valence-electron chi connectivity index (χ3n) is 4.96. The first-order chi connectivity index (χ1) is 12.0. The Morgan fingerprint density at radius 1 is 1.28 bits per heavy atom. The van der Waals surface area contributed by atoms with Gasteiger partial charge in [-0.15, -0.1) is 5.10 Å². The van der Waals surface area contributed by atoms with Crippen LogP contribution >= 0.6 is 0 Å². The van der Waals surface area contributed by atoms with E-state index in [9.17, 15) is 14.4 Å². The predicted molar refractivity (Wildman–Crippen MR) is 85.1 cm³/mol. The Morgan fingerprint density at radius 3 is 2.88 bits per heavy atom. The van der Waals surface area contributed by atoms with Gasteiger partial charge in [0.25, 0.3) is 11.5 Å². The number of fused-ring (bicyclic) bond motifs is 3. The molecule has 0 spiro atoms. The smallest absolute Gasteiger partial charge is 0.331 e. The van der Waals surface area contributed by atoms with Crippen LogP contribution in [0.2, 0.25) is 0 Å². The maximum absolute atomic E-state index is 12.9. The lowest BCUT2D eigenvalue weighted by atomic mass is 10.00. The Balaban J connectivity index is 1.65. The van der Waals surface area contributed by atoms with Crippen LogP contribution in [0.5, 0.6) is 0 Å². The van der Waals surface area contributed by atoms with Crippen molar-refractivity contribution in [2.45, 2.75) is 25.2 Å². The minimum absolute atomic E-state index is 0.0225. The Bertz CT molecular complexity index is 958. The number of ether oxygens (including phenoxy) is 1. The molecule has 25 heavy (non-hydrogen) atoms. The van der Waals surface area contributed by atoms with Crippen LogP contribution in [0.3, 0.4) is 0 Å². The van der Waals surface area contributed by atoms with Crippen LogP contribution in [0.4, 0.5) is 0 Å². The van der Waals surface area contributed by atoms with E-state index in [4.69, 9.17) is 4.74 Å². The standard InChI is InChI=1S/C15H18N6O4/c1-18-10(5-13(22)19(2)15(18)24)14(23)20-4-3-12-11(7-20)21-9(8-25-12)6-16-17-21/h5-6,11-12H,3-4,7-8H2,1-2H3/t11-,12+/m1/s1. The van der Waals surface area contributed by atoms with Gasteiger partial charge in [-0.3, -0.25) is 18.7 Å². The molecule has 2 atom stereocenters. The monoisotopic (exact) mass is 346 g/mol. The zero-order valence-corrected chi connectivity index (χ0v) is 14.0. The third kappa shape index (κ3) is 2.40. The molecule has 0 unspecified atom stereocenters. The van der Waals surface area contributed by atoms with E-state index < -0.39 is 11.2 Å². The molecular formula is C15H18N6O4. The molecule has 1 fully saturated rings. The lowest BCUT2D eigenvalue weighted by Crippen LogP contribution is -2.51. The third-order valence-corrected chi connectivity index (χ3v) is 4.96. The Morgan fingerprint density at radius 2 is 2.08 bits per heavy atom. The van der Waals surface area contributed by atoms with Crippen molar-refractivity contribution < 1.29 is 9.53 Å². The molecule has 2 aliphatic heterocycles. The van der Waals surface area contributed by atoms with Gasteiger partial charge in [-0.1, -0.05) is 5.21 Å². The van der Waals surface area contributed by atoms with Crippen molar-refractivity contribution in [3.63, 3.8) is 0 Å². The van der Waals surface area contributed by atoms with Gasteiger partial charge in [0, 0.05) is 33.3 Å². The van der Waals surface area contributed by atoms with Crippen LogP contribution in [-0.2, 0) is 25.4 Å². The highest BCUT2D eigenvalue weighted by Crippen LogP contribution is 2.30. The number of nitrogens with zero attached hydrogens (tertiary/aromatic N) is 6. The number of carbonyl (C=O) groups excluding carboxylic acids is 1. The highest BCUT2D eigenvalue weighted by molar-refractivity contribution is 5.92. The van der Waals surface area contributed by atoms with Gasteiger partial charge in [0.2, 0.25) is 0 Å². The fraction of sp³-hybridized carbons (Fsp3) is 0.533. The van der Waals surface area contributed by atoms with Crippen molar-refractivity contribution in [2.75, 3.05) is 13.1 Å². The van der Waals surface area contributed by atoms with E-state index in [2.05, 4.69) is 10.3 Å². The number of hydrogen-bond acceptors (Lipinski definition) is 6. The summed E-state index contributed by atoms with van der Waals surface area (Å²) < 4.78 is 9.81. The van der Waals surface area contributed by atoms with Crippen molar-refractivity contribution in [3.8, 4) is 0 Å². The molecule has 4 rings (SSSR count). The van der Waals surface area contributed by atoms with Gasteiger partial charge in [0.05, 0.1) is 30.6 Å². The van der Waals surface area contributed by atoms with Crippen LogP contribution < -0.4 is 11.2 Å². The molecule has 0 radical (unpaired) electrons. The van der Waals surface area contributed by atoms with Gasteiger partial charge in [-0.25, -0.2) is 9.48 Å². The number of amides is 1. The van der Waals surface area contributed by atoms with Gasteiger partial charge < -0.3 is 9.64 Å². The maximum atomic E-state index is 12.9. The van der Waals surface area contributed by atoms with Gasteiger partial charge in [0.15, 0.2) is 0 Å². The largest absolute Gasteiger partial charge is 0.370 e. The van der Waals surface area contributed by atoms with Crippen molar-refractivity contribution in [3.05, 3.63) is 44.5 Å². The summed E-state index contributed by atoms with van der Waals surface area (Å²) in [7, 11) is 2.87. The van der Waals surface area contributed by atoms with Gasteiger partial charge in [-0.05, 0) is 6.42 Å². The summed E-state index contributed by atoms with van der Waals surface area (Å²) >= 11 is 0. The second-order valence-corrected chi connectivity index (χ2v) is 6.39. The highest BCUT2D eigenvalue weighted by Gasteiger charge is 2.38. The second kappa shape index (κ2) is 5.66. The Labute approximate surface area is 142 Å². The van der Waals surface area contributed by atoms with Crippen molar-refractivity contribution in [2.24, 2.45) is 14.1 Å². The number of hydrogen-bond donors (Lipinski definition) is 0. The molecule has 0 N–H and O–H groups in total. The van der Waals surface area contributed by atoms with E-state index in [1.807, 2.05) is 0 Å². The van der Waals surface area contributed by atoms with Gasteiger partial charge in [-0.2, -0.15) is 0 Å². The van der Waals surface area contributed by atoms with E-state index in [1.165, 1.54) is 24.7 Å². The average molecular weight is 346 g/mol. The van der Waals surface area contributed by atoms with E-state index >= 15 is 0 Å². The van der Waals surface area contributed by atoms with Crippen LogP contribution in [0.15, 0.2) is 21.9 Å². The minimum atomic E-state index is -0.523. The SMILES string of the molecule is Cn1c(C(=O)N2CC[C@@H]3OCc4cnnn4[C@@H]3C2)cc(=O)n(C)c1=O.